The van der Waals surface area contributed by atoms with Gasteiger partial charge in [-0.3, -0.25) is 9.78 Å². The minimum atomic E-state index is -0.548. The monoisotopic (exact) mass is 389 g/mol. The van der Waals surface area contributed by atoms with Crippen LogP contribution in [0.5, 0.6) is 6.01 Å². The van der Waals surface area contributed by atoms with Crippen LogP contribution in [-0.4, -0.2) is 28.9 Å². The van der Waals surface area contributed by atoms with Gasteiger partial charge in [0.05, 0.1) is 5.71 Å². The zero-order valence-corrected chi connectivity index (χ0v) is 16.5. The molecule has 2 aromatic heterocycles. The molecule has 3 rings (SSSR count). The number of oxime groups is 1. The van der Waals surface area contributed by atoms with Crippen molar-refractivity contribution in [3.63, 3.8) is 0 Å². The van der Waals surface area contributed by atoms with Crippen LogP contribution in [0.4, 0.5) is 0 Å². The fourth-order valence-corrected chi connectivity index (χ4v) is 3.27. The highest BCUT2D eigenvalue weighted by Crippen LogP contribution is 2.22. The van der Waals surface area contributed by atoms with Crippen molar-refractivity contribution < 1.29 is 14.0 Å². The van der Waals surface area contributed by atoms with Gasteiger partial charge in [-0.25, -0.2) is 4.79 Å². The highest BCUT2D eigenvalue weighted by molar-refractivity contribution is 5.84. The number of aromatic amines is 1. The van der Waals surface area contributed by atoms with Gasteiger partial charge in [0.2, 0.25) is 5.71 Å². The van der Waals surface area contributed by atoms with E-state index in [0.29, 0.717) is 37.5 Å². The minimum Gasteiger partial charge on any atom is -0.403 e. The second-order valence-electron chi connectivity index (χ2n) is 7.29. The largest absolute Gasteiger partial charge is 0.403 e. The van der Waals surface area contributed by atoms with E-state index in [0.717, 1.165) is 37.8 Å². The van der Waals surface area contributed by atoms with Crippen LogP contribution >= 0.6 is 0 Å². The number of ether oxygens (including phenoxy) is 1. The van der Waals surface area contributed by atoms with Gasteiger partial charge in [0, 0.05) is 19.3 Å². The van der Waals surface area contributed by atoms with Crippen LogP contribution in [0.2, 0.25) is 0 Å². The molecule has 1 fully saturated rings. The van der Waals surface area contributed by atoms with E-state index in [2.05, 4.69) is 22.0 Å². The third-order valence-electron chi connectivity index (χ3n) is 4.87. The second kappa shape index (κ2) is 9.64. The maximum Gasteiger partial charge on any atom is 0.337 e. The van der Waals surface area contributed by atoms with Gasteiger partial charge >= 0.3 is 11.6 Å². The lowest BCUT2D eigenvalue weighted by Gasteiger charge is -2.18. The lowest BCUT2D eigenvalue weighted by molar-refractivity contribution is 0.132. The van der Waals surface area contributed by atoms with Crippen LogP contribution in [-0.2, 0) is 11.2 Å². The summed E-state index contributed by atoms with van der Waals surface area (Å²) >= 11 is 0. The fourth-order valence-electron chi connectivity index (χ4n) is 3.27. The first-order valence-electron chi connectivity index (χ1n) is 9.94. The number of nitrogens with zero attached hydrogens (tertiary/aromatic N) is 2. The molecule has 1 N–H and O–H groups in total. The number of hydrogen-bond donors (Lipinski definition) is 1. The Bertz CT molecular complexity index is 937. The van der Waals surface area contributed by atoms with Gasteiger partial charge in [0.15, 0.2) is 0 Å². The normalized spacial score (nSPS) is 17.1. The molecule has 0 aliphatic heterocycles. The molecule has 0 atom stereocenters. The smallest absolute Gasteiger partial charge is 0.337 e. The van der Waals surface area contributed by atoms with Crippen LogP contribution in [0.3, 0.4) is 0 Å². The Kier molecular flexibility index (Phi) is 6.97. The minimum absolute atomic E-state index is 0.0341. The van der Waals surface area contributed by atoms with Crippen LogP contribution in [0, 0.1) is 5.92 Å². The zero-order chi connectivity index (χ0) is 19.9. The molecule has 152 valence electrons. The third kappa shape index (κ3) is 5.28. The summed E-state index contributed by atoms with van der Waals surface area (Å²) in [5.41, 5.74) is 0.551. The summed E-state index contributed by atoms with van der Waals surface area (Å²) in [6, 6.07) is 1.26. The average Bonchev–Trinajstić information content (AvgIpc) is 2.66. The standard InChI is InChI=1S/C20H27N3O5/c1-3-10-26-11-4-5-14-12-16(24)27-19-17(14)18(25)21-20(22-19)28-23-15-8-6-13(2)7-9-15/h12-13H,3-11H2,1-2H3,(H,21,22,25). The summed E-state index contributed by atoms with van der Waals surface area (Å²) in [5.74, 6) is 0.692. The molecule has 0 aromatic carbocycles. The molecule has 8 heteroatoms. The SMILES string of the molecule is CCCOCCCc1cc(=O)oc2nc(ON=C3CCC(C)CC3)[nH]c(=O)c12. The maximum atomic E-state index is 12.5. The topological polar surface area (TPSA) is 107 Å². The fraction of sp³-hybridized carbons (Fsp3) is 0.600. The van der Waals surface area contributed by atoms with Gasteiger partial charge in [-0.2, -0.15) is 4.98 Å². The Morgan fingerprint density at radius 2 is 2.07 bits per heavy atom. The first kappa shape index (κ1) is 20.3. The van der Waals surface area contributed by atoms with Crippen LogP contribution in [0.1, 0.15) is 57.9 Å². The second-order valence-corrected chi connectivity index (χ2v) is 7.29. The van der Waals surface area contributed by atoms with Crippen molar-refractivity contribution in [2.45, 2.75) is 58.8 Å². The molecule has 0 unspecified atom stereocenters. The number of nitrogens with one attached hydrogen (secondary N) is 1. The molecule has 1 aliphatic carbocycles. The molecule has 1 saturated carbocycles. The van der Waals surface area contributed by atoms with Crippen LogP contribution < -0.4 is 16.0 Å². The lowest BCUT2D eigenvalue weighted by Crippen LogP contribution is -2.16. The van der Waals surface area contributed by atoms with Crippen molar-refractivity contribution in [2.75, 3.05) is 13.2 Å². The summed E-state index contributed by atoms with van der Waals surface area (Å²) in [6.45, 7) is 5.52. The molecule has 0 amide bonds. The molecular weight excluding hydrogens is 362 g/mol. The lowest BCUT2D eigenvalue weighted by atomic mass is 9.90. The van der Waals surface area contributed by atoms with E-state index in [-0.39, 0.29) is 17.1 Å². The number of rotatable bonds is 8. The van der Waals surface area contributed by atoms with E-state index in [1.807, 2.05) is 6.92 Å². The van der Waals surface area contributed by atoms with Crippen LogP contribution in [0.15, 0.2) is 25.2 Å². The van der Waals surface area contributed by atoms with E-state index < -0.39 is 11.2 Å². The van der Waals surface area contributed by atoms with E-state index in [1.165, 1.54) is 6.07 Å². The Morgan fingerprint density at radius 1 is 1.29 bits per heavy atom. The van der Waals surface area contributed by atoms with Gasteiger partial charge in [0.1, 0.15) is 5.39 Å². The first-order valence-corrected chi connectivity index (χ1v) is 9.94. The van der Waals surface area contributed by atoms with Crippen molar-refractivity contribution in [3.05, 3.63) is 32.4 Å². The summed E-state index contributed by atoms with van der Waals surface area (Å²) in [5, 5.41) is 4.37. The molecule has 0 radical (unpaired) electrons. The van der Waals surface area contributed by atoms with Crippen molar-refractivity contribution in [1.29, 1.82) is 0 Å². The first-order chi connectivity index (χ1) is 13.6. The number of H-pyrrole nitrogens is 1. The number of fused-ring (bicyclic) bond motifs is 1. The molecule has 2 heterocycles. The predicted molar refractivity (Wildman–Crippen MR) is 106 cm³/mol. The summed E-state index contributed by atoms with van der Waals surface area (Å²) in [7, 11) is 0. The highest BCUT2D eigenvalue weighted by Gasteiger charge is 2.16. The summed E-state index contributed by atoms with van der Waals surface area (Å²) in [6.07, 6.45) is 6.07. The molecule has 0 bridgehead atoms. The molecule has 8 nitrogen and oxygen atoms in total. The third-order valence-corrected chi connectivity index (χ3v) is 4.87. The molecule has 28 heavy (non-hydrogen) atoms. The van der Waals surface area contributed by atoms with Crippen molar-refractivity contribution >= 4 is 16.8 Å². The quantitative estimate of drug-likeness (QED) is 0.549. The van der Waals surface area contributed by atoms with Gasteiger partial charge in [-0.15, -0.1) is 0 Å². The van der Waals surface area contributed by atoms with Crippen LogP contribution in [0.25, 0.3) is 11.1 Å². The van der Waals surface area contributed by atoms with Gasteiger partial charge < -0.3 is 14.0 Å². The molecular formula is C20H27N3O5. The van der Waals surface area contributed by atoms with E-state index in [1.54, 1.807) is 0 Å². The van der Waals surface area contributed by atoms with Crippen molar-refractivity contribution in [2.24, 2.45) is 11.1 Å². The number of aromatic nitrogens is 2. The summed E-state index contributed by atoms with van der Waals surface area (Å²) < 4.78 is 10.6. The molecule has 0 saturated heterocycles. The van der Waals surface area contributed by atoms with Crippen molar-refractivity contribution in [3.8, 4) is 6.01 Å². The Hall–Kier alpha value is -2.48. The highest BCUT2D eigenvalue weighted by atomic mass is 16.6. The van der Waals surface area contributed by atoms with Gasteiger partial charge in [0.25, 0.3) is 5.56 Å². The Labute approximate surface area is 162 Å². The van der Waals surface area contributed by atoms with E-state index in [9.17, 15) is 9.59 Å². The number of hydrogen-bond acceptors (Lipinski definition) is 7. The van der Waals surface area contributed by atoms with Gasteiger partial charge in [-0.05, 0) is 56.4 Å². The molecule has 2 aromatic rings. The summed E-state index contributed by atoms with van der Waals surface area (Å²) in [4.78, 5) is 36.4. The number of aryl methyl sites for hydroxylation is 1. The van der Waals surface area contributed by atoms with E-state index >= 15 is 0 Å². The Balaban J connectivity index is 1.78. The Morgan fingerprint density at radius 3 is 2.82 bits per heavy atom. The van der Waals surface area contributed by atoms with E-state index in [4.69, 9.17) is 14.0 Å². The predicted octanol–water partition coefficient (Wildman–Crippen LogP) is 3.18. The molecule has 0 spiro atoms. The molecule has 1 aliphatic rings. The van der Waals surface area contributed by atoms with Crippen molar-refractivity contribution in [1.82, 2.24) is 9.97 Å². The van der Waals surface area contributed by atoms with Gasteiger partial charge in [-0.1, -0.05) is 19.0 Å². The maximum absolute atomic E-state index is 12.5. The zero-order valence-electron chi connectivity index (χ0n) is 16.5. The average molecular weight is 389 g/mol.